The average molecular weight is 283 g/mol. The predicted octanol–water partition coefficient (Wildman–Crippen LogP) is 1.89. The summed E-state index contributed by atoms with van der Waals surface area (Å²) >= 11 is 0. The van der Waals surface area contributed by atoms with E-state index < -0.39 is 0 Å². The largest absolute Gasteiger partial charge is 0.339 e. The Hall–Kier alpha value is -2.01. The van der Waals surface area contributed by atoms with Crippen molar-refractivity contribution in [3.63, 3.8) is 0 Å². The van der Waals surface area contributed by atoms with Crippen LogP contribution in [0.5, 0.6) is 0 Å². The normalized spacial score (nSPS) is 16.7. The van der Waals surface area contributed by atoms with Crippen molar-refractivity contribution in [3.05, 3.63) is 48.0 Å². The molecule has 3 rings (SSSR count). The van der Waals surface area contributed by atoms with E-state index in [2.05, 4.69) is 36.9 Å². The van der Waals surface area contributed by atoms with Crippen molar-refractivity contribution in [1.29, 1.82) is 0 Å². The molecule has 0 unspecified atom stereocenters. The molecule has 21 heavy (non-hydrogen) atoms. The standard InChI is InChI=1S/C16H21N5/c1-14-5-2-6-15(19-14)13-20-9-4-10-21(12-11-20)16-17-7-3-8-18-16/h2-3,5-8H,4,9-13H2,1H3. The monoisotopic (exact) mass is 283 g/mol. The zero-order valence-corrected chi connectivity index (χ0v) is 12.4. The Labute approximate surface area is 125 Å². The number of hydrogen-bond donors (Lipinski definition) is 0. The molecule has 5 heteroatoms. The highest BCUT2D eigenvalue weighted by atomic mass is 15.3. The highest BCUT2D eigenvalue weighted by molar-refractivity contribution is 5.28. The van der Waals surface area contributed by atoms with Crippen LogP contribution in [0.4, 0.5) is 5.95 Å². The molecule has 2 aromatic rings. The summed E-state index contributed by atoms with van der Waals surface area (Å²) in [6.07, 6.45) is 4.74. The van der Waals surface area contributed by atoms with Gasteiger partial charge in [0, 0.05) is 50.8 Å². The number of rotatable bonds is 3. The lowest BCUT2D eigenvalue weighted by molar-refractivity contribution is 0.282. The molecule has 0 aromatic carbocycles. The van der Waals surface area contributed by atoms with Crippen LogP contribution in [0.3, 0.4) is 0 Å². The second-order valence-corrected chi connectivity index (χ2v) is 5.44. The third-order valence-corrected chi connectivity index (χ3v) is 3.76. The quantitative estimate of drug-likeness (QED) is 0.861. The zero-order chi connectivity index (χ0) is 14.5. The molecule has 1 aliphatic rings. The van der Waals surface area contributed by atoms with E-state index in [4.69, 9.17) is 0 Å². The van der Waals surface area contributed by atoms with Gasteiger partial charge in [-0.3, -0.25) is 9.88 Å². The summed E-state index contributed by atoms with van der Waals surface area (Å²) in [5, 5.41) is 0. The number of aryl methyl sites for hydroxylation is 1. The summed E-state index contributed by atoms with van der Waals surface area (Å²) in [4.78, 5) is 18.0. The number of anilines is 1. The minimum atomic E-state index is 0.841. The second kappa shape index (κ2) is 6.63. The van der Waals surface area contributed by atoms with E-state index in [-0.39, 0.29) is 0 Å². The van der Waals surface area contributed by atoms with E-state index in [9.17, 15) is 0 Å². The van der Waals surface area contributed by atoms with Crippen LogP contribution in [-0.4, -0.2) is 46.0 Å². The fourth-order valence-corrected chi connectivity index (χ4v) is 2.70. The van der Waals surface area contributed by atoms with E-state index in [1.54, 1.807) is 0 Å². The SMILES string of the molecule is Cc1cccc(CN2CCCN(c3ncccn3)CC2)n1. The van der Waals surface area contributed by atoms with Gasteiger partial charge in [0.25, 0.3) is 0 Å². The Morgan fingerprint density at radius 1 is 1.00 bits per heavy atom. The van der Waals surface area contributed by atoms with Gasteiger partial charge in [-0.2, -0.15) is 0 Å². The number of aromatic nitrogens is 3. The topological polar surface area (TPSA) is 45.2 Å². The first kappa shape index (κ1) is 13.9. The molecule has 110 valence electrons. The summed E-state index contributed by atoms with van der Waals surface area (Å²) in [5.74, 6) is 0.841. The Bertz CT molecular complexity index is 572. The summed E-state index contributed by atoms with van der Waals surface area (Å²) in [5.41, 5.74) is 2.24. The van der Waals surface area contributed by atoms with Crippen molar-refractivity contribution in [2.75, 3.05) is 31.1 Å². The van der Waals surface area contributed by atoms with Crippen molar-refractivity contribution in [3.8, 4) is 0 Å². The van der Waals surface area contributed by atoms with Gasteiger partial charge in [-0.25, -0.2) is 9.97 Å². The van der Waals surface area contributed by atoms with Gasteiger partial charge in [0.1, 0.15) is 0 Å². The maximum atomic E-state index is 4.60. The predicted molar refractivity (Wildman–Crippen MR) is 83.1 cm³/mol. The second-order valence-electron chi connectivity index (χ2n) is 5.44. The first-order valence-corrected chi connectivity index (χ1v) is 7.48. The molecule has 0 atom stereocenters. The molecular weight excluding hydrogens is 262 g/mol. The molecule has 0 bridgehead atoms. The minimum absolute atomic E-state index is 0.841. The zero-order valence-electron chi connectivity index (χ0n) is 12.4. The molecule has 0 aliphatic carbocycles. The van der Waals surface area contributed by atoms with Crippen LogP contribution < -0.4 is 4.90 Å². The summed E-state index contributed by atoms with van der Waals surface area (Å²) in [6.45, 7) is 7.07. The molecule has 0 saturated carbocycles. The van der Waals surface area contributed by atoms with Crippen LogP contribution in [0, 0.1) is 6.92 Å². The van der Waals surface area contributed by atoms with E-state index in [0.717, 1.165) is 56.5 Å². The van der Waals surface area contributed by atoms with Gasteiger partial charge in [0.2, 0.25) is 5.95 Å². The van der Waals surface area contributed by atoms with Gasteiger partial charge < -0.3 is 4.90 Å². The Balaban J connectivity index is 1.61. The lowest BCUT2D eigenvalue weighted by Crippen LogP contribution is -2.31. The van der Waals surface area contributed by atoms with Crippen molar-refractivity contribution in [2.45, 2.75) is 19.9 Å². The van der Waals surface area contributed by atoms with Crippen molar-refractivity contribution >= 4 is 5.95 Å². The number of pyridine rings is 1. The van der Waals surface area contributed by atoms with Crippen molar-refractivity contribution < 1.29 is 0 Å². The van der Waals surface area contributed by atoms with E-state index in [1.165, 1.54) is 0 Å². The fraction of sp³-hybridized carbons (Fsp3) is 0.438. The molecule has 3 heterocycles. The third-order valence-electron chi connectivity index (χ3n) is 3.76. The number of hydrogen-bond acceptors (Lipinski definition) is 5. The van der Waals surface area contributed by atoms with Gasteiger partial charge in [-0.1, -0.05) is 6.07 Å². The molecule has 0 N–H and O–H groups in total. The Kier molecular flexibility index (Phi) is 4.40. The molecule has 0 amide bonds. The van der Waals surface area contributed by atoms with Crippen LogP contribution in [0.25, 0.3) is 0 Å². The van der Waals surface area contributed by atoms with E-state index in [0.29, 0.717) is 0 Å². The van der Waals surface area contributed by atoms with Crippen molar-refractivity contribution in [2.24, 2.45) is 0 Å². The molecule has 0 radical (unpaired) electrons. The summed E-state index contributed by atoms with van der Waals surface area (Å²) in [7, 11) is 0. The van der Waals surface area contributed by atoms with Gasteiger partial charge in [-0.05, 0) is 31.5 Å². The van der Waals surface area contributed by atoms with Gasteiger partial charge in [0.05, 0.1) is 5.69 Å². The molecule has 1 aliphatic heterocycles. The molecule has 5 nitrogen and oxygen atoms in total. The molecule has 1 saturated heterocycles. The maximum absolute atomic E-state index is 4.60. The van der Waals surface area contributed by atoms with E-state index >= 15 is 0 Å². The molecular formula is C16H21N5. The average Bonchev–Trinajstić information content (AvgIpc) is 2.74. The van der Waals surface area contributed by atoms with Crippen LogP contribution >= 0.6 is 0 Å². The Morgan fingerprint density at radius 2 is 1.86 bits per heavy atom. The maximum Gasteiger partial charge on any atom is 0.225 e. The summed E-state index contributed by atoms with van der Waals surface area (Å²) in [6, 6.07) is 8.09. The Morgan fingerprint density at radius 3 is 2.67 bits per heavy atom. The summed E-state index contributed by atoms with van der Waals surface area (Å²) < 4.78 is 0. The molecule has 1 fully saturated rings. The van der Waals surface area contributed by atoms with Gasteiger partial charge >= 0.3 is 0 Å². The van der Waals surface area contributed by atoms with Crippen LogP contribution in [0.2, 0.25) is 0 Å². The lowest BCUT2D eigenvalue weighted by atomic mass is 10.3. The van der Waals surface area contributed by atoms with Crippen molar-refractivity contribution in [1.82, 2.24) is 19.9 Å². The highest BCUT2D eigenvalue weighted by Crippen LogP contribution is 2.12. The molecule has 2 aromatic heterocycles. The van der Waals surface area contributed by atoms with Crippen LogP contribution in [0.15, 0.2) is 36.7 Å². The third kappa shape index (κ3) is 3.76. The minimum Gasteiger partial charge on any atom is -0.339 e. The fourth-order valence-electron chi connectivity index (χ4n) is 2.70. The van der Waals surface area contributed by atoms with Crippen LogP contribution in [0.1, 0.15) is 17.8 Å². The number of nitrogens with zero attached hydrogens (tertiary/aromatic N) is 5. The lowest BCUT2D eigenvalue weighted by Gasteiger charge is -2.21. The first-order chi connectivity index (χ1) is 10.3. The van der Waals surface area contributed by atoms with Crippen LogP contribution in [-0.2, 0) is 6.54 Å². The smallest absolute Gasteiger partial charge is 0.225 e. The van der Waals surface area contributed by atoms with Gasteiger partial charge in [0.15, 0.2) is 0 Å². The van der Waals surface area contributed by atoms with Gasteiger partial charge in [-0.15, -0.1) is 0 Å². The highest BCUT2D eigenvalue weighted by Gasteiger charge is 2.17. The van der Waals surface area contributed by atoms with E-state index in [1.807, 2.05) is 31.5 Å². The molecule has 0 spiro atoms. The first-order valence-electron chi connectivity index (χ1n) is 7.48.